The molecule has 1 heterocycles. The molecule has 10 heteroatoms. The quantitative estimate of drug-likeness (QED) is 0.383. The lowest BCUT2D eigenvalue weighted by Gasteiger charge is -2.28. The van der Waals surface area contributed by atoms with Gasteiger partial charge >= 0.3 is 17.7 Å². The number of carbonyl (C=O) groups is 2. The van der Waals surface area contributed by atoms with E-state index in [1.54, 1.807) is 6.92 Å². The third-order valence-electron chi connectivity index (χ3n) is 4.95. The Balaban J connectivity index is 2.06. The molecule has 2 aromatic carbocycles. The molecule has 0 bridgehead atoms. The van der Waals surface area contributed by atoms with Gasteiger partial charge < -0.3 is 24.8 Å². The molecule has 0 saturated heterocycles. The number of hydrogen-bond donors (Lipinski definition) is 2. The monoisotopic (exact) mass is 441 g/mol. The van der Waals surface area contributed by atoms with Gasteiger partial charge in [-0.1, -0.05) is 29.8 Å². The number of nitrogens with one attached hydrogen (secondary N) is 2. The third kappa shape index (κ3) is 4.64. The first-order chi connectivity index (χ1) is 15.2. The molecule has 0 saturated carbocycles. The molecule has 10 nitrogen and oxygen atoms in total. The molecule has 0 fully saturated rings. The Morgan fingerprint density at radius 3 is 2.56 bits per heavy atom. The summed E-state index contributed by atoms with van der Waals surface area (Å²) in [6.45, 7) is 3.57. The molecule has 0 radical (unpaired) electrons. The normalized spacial score (nSPS) is 15.5. The summed E-state index contributed by atoms with van der Waals surface area (Å²) in [5.74, 6) is -0.638. The summed E-state index contributed by atoms with van der Waals surface area (Å²) in [5, 5.41) is 17.0. The van der Waals surface area contributed by atoms with Crippen LogP contribution in [0.25, 0.3) is 0 Å². The van der Waals surface area contributed by atoms with Crippen LogP contribution in [0.5, 0.6) is 11.5 Å². The van der Waals surface area contributed by atoms with E-state index in [4.69, 9.17) is 14.2 Å². The summed E-state index contributed by atoms with van der Waals surface area (Å²) in [6.07, 6.45) is 0. The minimum atomic E-state index is -0.977. The fraction of sp³-hybridized carbons (Fsp3) is 0.273. The Hall–Kier alpha value is -4.08. The summed E-state index contributed by atoms with van der Waals surface area (Å²) < 4.78 is 16.0. The Morgan fingerprint density at radius 1 is 1.19 bits per heavy atom. The molecule has 0 aliphatic carbocycles. The molecule has 32 heavy (non-hydrogen) atoms. The van der Waals surface area contributed by atoms with Gasteiger partial charge in [0.1, 0.15) is 6.61 Å². The molecule has 2 amide bonds. The molecule has 0 spiro atoms. The number of amides is 2. The van der Waals surface area contributed by atoms with Crippen molar-refractivity contribution in [2.24, 2.45) is 0 Å². The molecule has 168 valence electrons. The molecule has 1 aliphatic heterocycles. The van der Waals surface area contributed by atoms with Gasteiger partial charge in [0.15, 0.2) is 5.75 Å². The Morgan fingerprint density at radius 2 is 1.94 bits per heavy atom. The van der Waals surface area contributed by atoms with Gasteiger partial charge in [-0.25, -0.2) is 9.59 Å². The average Bonchev–Trinajstić information content (AvgIpc) is 2.76. The number of aryl methyl sites for hydroxylation is 1. The molecule has 1 unspecified atom stereocenters. The highest BCUT2D eigenvalue weighted by Crippen LogP contribution is 2.42. The van der Waals surface area contributed by atoms with E-state index < -0.39 is 23.0 Å². The zero-order valence-corrected chi connectivity index (χ0v) is 18.1. The predicted molar refractivity (Wildman–Crippen MR) is 114 cm³/mol. The van der Waals surface area contributed by atoms with Crippen LogP contribution in [0.3, 0.4) is 0 Å². The van der Waals surface area contributed by atoms with Crippen LogP contribution in [-0.2, 0) is 16.1 Å². The third-order valence-corrected chi connectivity index (χ3v) is 4.95. The number of esters is 1. The fourth-order valence-corrected chi connectivity index (χ4v) is 3.49. The van der Waals surface area contributed by atoms with Crippen molar-refractivity contribution in [3.8, 4) is 11.5 Å². The molecule has 2 N–H and O–H groups in total. The lowest BCUT2D eigenvalue weighted by Crippen LogP contribution is -2.45. The first-order valence-electron chi connectivity index (χ1n) is 9.66. The Bertz CT molecular complexity index is 1110. The smallest absolute Gasteiger partial charge is 0.337 e. The molecule has 1 atom stereocenters. The molecule has 0 aromatic heterocycles. The number of allylic oxidation sites excluding steroid dienone is 1. The van der Waals surface area contributed by atoms with Crippen LogP contribution < -0.4 is 20.1 Å². The van der Waals surface area contributed by atoms with E-state index in [0.717, 1.165) is 11.1 Å². The van der Waals surface area contributed by atoms with Gasteiger partial charge in [0.05, 0.1) is 30.8 Å². The van der Waals surface area contributed by atoms with E-state index >= 15 is 0 Å². The maximum absolute atomic E-state index is 12.3. The summed E-state index contributed by atoms with van der Waals surface area (Å²) in [7, 11) is 2.56. The van der Waals surface area contributed by atoms with Gasteiger partial charge in [-0.15, -0.1) is 0 Å². The number of nitro groups is 1. The highest BCUT2D eigenvalue weighted by atomic mass is 16.6. The van der Waals surface area contributed by atoms with Crippen LogP contribution >= 0.6 is 0 Å². The van der Waals surface area contributed by atoms with Gasteiger partial charge in [-0.2, -0.15) is 0 Å². The minimum absolute atomic E-state index is 0.0525. The second-order valence-corrected chi connectivity index (χ2v) is 7.17. The number of hydrogen-bond acceptors (Lipinski definition) is 7. The Labute approximate surface area is 184 Å². The SMILES string of the molecule is COC(=O)C1=C(C)NC(=O)NC1c1cc(OC)c(OCc2cccc(C)c2)c([N+](=O)[O-])c1. The number of benzene rings is 2. The second-order valence-electron chi connectivity index (χ2n) is 7.17. The standard InChI is InChI=1S/C22H23N3O7/c1-12-6-5-7-14(8-12)11-32-20-16(25(28)29)9-15(10-17(20)30-3)19-18(21(26)31-4)13(2)23-22(27)24-19/h5-10,19H,11H2,1-4H3,(H2,23,24,27). The molecule has 1 aliphatic rings. The van der Waals surface area contributed by atoms with Crippen LogP contribution in [0.1, 0.15) is 29.7 Å². The summed E-state index contributed by atoms with van der Waals surface area (Å²) in [4.78, 5) is 35.6. The van der Waals surface area contributed by atoms with Crippen LogP contribution in [0.4, 0.5) is 10.5 Å². The lowest BCUT2D eigenvalue weighted by atomic mass is 9.94. The van der Waals surface area contributed by atoms with Crippen LogP contribution in [0.2, 0.25) is 0 Å². The number of nitro benzene ring substituents is 1. The van der Waals surface area contributed by atoms with Gasteiger partial charge in [-0.05, 0) is 31.0 Å². The molecule has 3 rings (SSSR count). The first kappa shape index (κ1) is 22.6. The zero-order valence-electron chi connectivity index (χ0n) is 18.1. The highest BCUT2D eigenvalue weighted by molar-refractivity contribution is 5.95. The van der Waals surface area contributed by atoms with E-state index in [2.05, 4.69) is 10.6 Å². The zero-order chi connectivity index (χ0) is 23.4. The maximum atomic E-state index is 12.3. The maximum Gasteiger partial charge on any atom is 0.337 e. The van der Waals surface area contributed by atoms with Crippen LogP contribution in [0, 0.1) is 17.0 Å². The van der Waals surface area contributed by atoms with E-state index in [0.29, 0.717) is 0 Å². The first-order valence-corrected chi connectivity index (χ1v) is 9.66. The van der Waals surface area contributed by atoms with Crippen molar-refractivity contribution in [1.82, 2.24) is 10.6 Å². The van der Waals surface area contributed by atoms with Gasteiger partial charge in [-0.3, -0.25) is 10.1 Å². The van der Waals surface area contributed by atoms with Crippen LogP contribution in [-0.4, -0.2) is 31.1 Å². The van der Waals surface area contributed by atoms with Gasteiger partial charge in [0.25, 0.3) is 0 Å². The van der Waals surface area contributed by atoms with Crippen LogP contribution in [0.15, 0.2) is 47.7 Å². The second kappa shape index (κ2) is 9.38. The average molecular weight is 441 g/mol. The van der Waals surface area contributed by atoms with E-state index in [-0.39, 0.29) is 40.6 Å². The molecule has 2 aromatic rings. The van der Waals surface area contributed by atoms with E-state index in [1.807, 2.05) is 31.2 Å². The van der Waals surface area contributed by atoms with Gasteiger partial charge in [0, 0.05) is 11.8 Å². The number of rotatable bonds is 7. The summed E-state index contributed by atoms with van der Waals surface area (Å²) >= 11 is 0. The van der Waals surface area contributed by atoms with Crippen molar-refractivity contribution in [2.75, 3.05) is 14.2 Å². The van der Waals surface area contributed by atoms with Crippen molar-refractivity contribution in [3.05, 3.63) is 74.5 Å². The number of urea groups is 1. The lowest BCUT2D eigenvalue weighted by molar-refractivity contribution is -0.386. The topological polar surface area (TPSA) is 129 Å². The van der Waals surface area contributed by atoms with Gasteiger partial charge in [0.2, 0.25) is 5.75 Å². The molecular formula is C22H23N3O7. The Kier molecular flexibility index (Phi) is 6.62. The largest absolute Gasteiger partial charge is 0.493 e. The number of methoxy groups -OCH3 is 2. The van der Waals surface area contributed by atoms with Crippen molar-refractivity contribution in [1.29, 1.82) is 0 Å². The number of carbonyl (C=O) groups excluding carboxylic acids is 2. The number of nitrogens with zero attached hydrogens (tertiary/aromatic N) is 1. The predicted octanol–water partition coefficient (Wildman–Crippen LogP) is 3.29. The fourth-order valence-electron chi connectivity index (χ4n) is 3.49. The number of ether oxygens (including phenoxy) is 3. The van der Waals surface area contributed by atoms with Crippen molar-refractivity contribution in [3.63, 3.8) is 0 Å². The highest BCUT2D eigenvalue weighted by Gasteiger charge is 2.34. The van der Waals surface area contributed by atoms with Crippen molar-refractivity contribution < 1.29 is 28.7 Å². The molecular weight excluding hydrogens is 418 g/mol. The van der Waals surface area contributed by atoms with Crippen molar-refractivity contribution >= 4 is 17.7 Å². The van der Waals surface area contributed by atoms with E-state index in [1.165, 1.54) is 26.4 Å². The minimum Gasteiger partial charge on any atom is -0.493 e. The summed E-state index contributed by atoms with van der Waals surface area (Å²) in [5.41, 5.74) is 2.18. The van der Waals surface area contributed by atoms with Crippen molar-refractivity contribution in [2.45, 2.75) is 26.5 Å². The van der Waals surface area contributed by atoms with E-state index in [9.17, 15) is 19.7 Å². The summed E-state index contributed by atoms with van der Waals surface area (Å²) in [6, 6.07) is 8.77.